The molecule has 1 fully saturated rings. The van der Waals surface area contributed by atoms with E-state index in [2.05, 4.69) is 31.1 Å². The number of carbonyl (C=O) groups is 1. The molecule has 3 heterocycles. The Morgan fingerprint density at radius 1 is 1.33 bits per heavy atom. The van der Waals surface area contributed by atoms with Crippen molar-refractivity contribution in [3.05, 3.63) is 28.7 Å². The van der Waals surface area contributed by atoms with E-state index in [4.69, 9.17) is 17.3 Å². The normalized spacial score (nSPS) is 15.4. The largest absolute Gasteiger partial charge is 0.366 e. The van der Waals surface area contributed by atoms with Gasteiger partial charge in [0.1, 0.15) is 11.6 Å². The van der Waals surface area contributed by atoms with Gasteiger partial charge in [0.2, 0.25) is 11.0 Å². The van der Waals surface area contributed by atoms with Crippen LogP contribution >= 0.6 is 23.1 Å². The maximum atomic E-state index is 11.2. The number of halogens is 1. The SMILES string of the molecule is CCc1nsc(N2CCCN(c3ncc(C(N)=O)cc3Cl)CC2)n1. The van der Waals surface area contributed by atoms with Crippen molar-refractivity contribution in [3.63, 3.8) is 0 Å². The molecule has 0 atom stereocenters. The summed E-state index contributed by atoms with van der Waals surface area (Å²) in [6, 6.07) is 1.58. The molecule has 0 bridgehead atoms. The van der Waals surface area contributed by atoms with Crippen molar-refractivity contribution in [2.24, 2.45) is 5.73 Å². The van der Waals surface area contributed by atoms with Crippen molar-refractivity contribution in [1.29, 1.82) is 0 Å². The van der Waals surface area contributed by atoms with Crippen LogP contribution in [0, 0.1) is 0 Å². The summed E-state index contributed by atoms with van der Waals surface area (Å²) in [6.07, 6.45) is 3.29. The first-order chi connectivity index (χ1) is 11.6. The highest BCUT2D eigenvalue weighted by atomic mass is 35.5. The maximum absolute atomic E-state index is 11.2. The van der Waals surface area contributed by atoms with Crippen LogP contribution < -0.4 is 15.5 Å². The maximum Gasteiger partial charge on any atom is 0.250 e. The Kier molecular flexibility index (Phi) is 5.15. The summed E-state index contributed by atoms with van der Waals surface area (Å²) in [5, 5.41) is 1.42. The lowest BCUT2D eigenvalue weighted by molar-refractivity contribution is 0.1000. The number of aromatic nitrogens is 3. The Hall–Kier alpha value is -1.93. The van der Waals surface area contributed by atoms with Crippen molar-refractivity contribution >= 4 is 40.0 Å². The van der Waals surface area contributed by atoms with Gasteiger partial charge in [-0.3, -0.25) is 4.79 Å². The zero-order valence-electron chi connectivity index (χ0n) is 13.4. The third-order valence-corrected chi connectivity index (χ3v) is 5.04. The van der Waals surface area contributed by atoms with Gasteiger partial charge in [-0.15, -0.1) is 0 Å². The summed E-state index contributed by atoms with van der Waals surface area (Å²) in [4.78, 5) is 24.5. The van der Waals surface area contributed by atoms with Crippen LogP contribution in [0.3, 0.4) is 0 Å². The Morgan fingerprint density at radius 3 is 2.75 bits per heavy atom. The highest BCUT2D eigenvalue weighted by molar-refractivity contribution is 7.09. The van der Waals surface area contributed by atoms with E-state index in [0.29, 0.717) is 16.4 Å². The van der Waals surface area contributed by atoms with E-state index in [-0.39, 0.29) is 0 Å². The van der Waals surface area contributed by atoms with Crippen LogP contribution in [0.15, 0.2) is 12.3 Å². The summed E-state index contributed by atoms with van der Waals surface area (Å²) in [7, 11) is 0. The minimum Gasteiger partial charge on any atom is -0.366 e. The summed E-state index contributed by atoms with van der Waals surface area (Å²) in [5.74, 6) is 1.05. The first-order valence-corrected chi connectivity index (χ1v) is 9.01. The molecule has 1 aliphatic heterocycles. The van der Waals surface area contributed by atoms with Crippen LogP contribution in [-0.2, 0) is 6.42 Å². The first-order valence-electron chi connectivity index (χ1n) is 7.86. The number of hydrogen-bond acceptors (Lipinski definition) is 7. The lowest BCUT2D eigenvalue weighted by Crippen LogP contribution is -2.31. The molecule has 0 aromatic carbocycles. The lowest BCUT2D eigenvalue weighted by atomic mass is 10.2. The Labute approximate surface area is 149 Å². The lowest BCUT2D eigenvalue weighted by Gasteiger charge is -2.23. The number of anilines is 2. The van der Waals surface area contributed by atoms with Crippen LogP contribution in [0.4, 0.5) is 10.9 Å². The molecular formula is C15H19ClN6OS. The van der Waals surface area contributed by atoms with Crippen LogP contribution in [0.5, 0.6) is 0 Å². The highest BCUT2D eigenvalue weighted by Gasteiger charge is 2.21. The standard InChI is InChI=1S/C15H19ClN6OS/c1-2-12-19-15(24-20-12)22-5-3-4-21(6-7-22)14-11(16)8-10(9-18-14)13(17)23/h8-9H,2-7H2,1H3,(H2,17,23). The molecule has 2 N–H and O–H groups in total. The molecule has 0 saturated carbocycles. The third-order valence-electron chi connectivity index (χ3n) is 3.95. The van der Waals surface area contributed by atoms with Gasteiger partial charge in [0.05, 0.1) is 10.6 Å². The van der Waals surface area contributed by atoms with Crippen molar-refractivity contribution in [2.75, 3.05) is 36.0 Å². The first kappa shape index (κ1) is 16.9. The Morgan fingerprint density at radius 2 is 2.08 bits per heavy atom. The fraction of sp³-hybridized carbons (Fsp3) is 0.467. The molecule has 1 saturated heterocycles. The quantitative estimate of drug-likeness (QED) is 0.889. The number of rotatable bonds is 4. The van der Waals surface area contributed by atoms with Gasteiger partial charge in [0.25, 0.3) is 0 Å². The zero-order chi connectivity index (χ0) is 17.1. The number of pyridine rings is 1. The molecule has 1 amide bonds. The topological polar surface area (TPSA) is 88.2 Å². The highest BCUT2D eigenvalue weighted by Crippen LogP contribution is 2.26. The molecule has 7 nitrogen and oxygen atoms in total. The van der Waals surface area contributed by atoms with Crippen molar-refractivity contribution in [1.82, 2.24) is 14.3 Å². The minimum atomic E-state index is -0.527. The summed E-state index contributed by atoms with van der Waals surface area (Å²) >= 11 is 7.74. The summed E-state index contributed by atoms with van der Waals surface area (Å²) in [5.41, 5.74) is 5.58. The molecule has 0 radical (unpaired) electrons. The smallest absolute Gasteiger partial charge is 0.250 e. The summed E-state index contributed by atoms with van der Waals surface area (Å²) < 4.78 is 4.36. The van der Waals surface area contributed by atoms with E-state index in [1.54, 1.807) is 6.07 Å². The molecule has 2 aromatic heterocycles. The van der Waals surface area contributed by atoms with E-state index in [0.717, 1.165) is 50.0 Å². The fourth-order valence-corrected chi connectivity index (χ4v) is 3.72. The third kappa shape index (κ3) is 3.59. The molecule has 128 valence electrons. The number of aryl methyl sites for hydroxylation is 1. The van der Waals surface area contributed by atoms with Crippen molar-refractivity contribution < 1.29 is 4.79 Å². The van der Waals surface area contributed by atoms with E-state index >= 15 is 0 Å². The minimum absolute atomic E-state index is 0.321. The molecule has 0 spiro atoms. The van der Waals surface area contributed by atoms with Gasteiger partial charge in [-0.05, 0) is 12.5 Å². The Bertz CT molecular complexity index is 737. The number of hydrogen-bond donors (Lipinski definition) is 1. The molecule has 1 aliphatic rings. The average molecular weight is 367 g/mol. The predicted molar refractivity (Wildman–Crippen MR) is 96.1 cm³/mol. The number of nitrogens with zero attached hydrogens (tertiary/aromatic N) is 5. The summed E-state index contributed by atoms with van der Waals surface area (Å²) in [6.45, 7) is 5.43. The van der Waals surface area contributed by atoms with Crippen LogP contribution in [0.25, 0.3) is 0 Å². The van der Waals surface area contributed by atoms with Crippen LogP contribution in [-0.4, -0.2) is 46.4 Å². The average Bonchev–Trinajstić information content (AvgIpc) is 2.92. The van der Waals surface area contributed by atoms with Gasteiger partial charge in [-0.2, -0.15) is 4.37 Å². The van der Waals surface area contributed by atoms with Gasteiger partial charge in [0.15, 0.2) is 0 Å². The van der Waals surface area contributed by atoms with Crippen LogP contribution in [0.2, 0.25) is 5.02 Å². The van der Waals surface area contributed by atoms with E-state index < -0.39 is 5.91 Å². The van der Waals surface area contributed by atoms with E-state index in [1.807, 2.05) is 0 Å². The number of nitrogens with two attached hydrogens (primary N) is 1. The molecule has 0 unspecified atom stereocenters. The number of primary amides is 1. The second-order valence-corrected chi connectivity index (χ2v) is 6.71. The predicted octanol–water partition coefficient (Wildman–Crippen LogP) is 1.96. The van der Waals surface area contributed by atoms with Gasteiger partial charge in [0, 0.05) is 50.3 Å². The van der Waals surface area contributed by atoms with Crippen molar-refractivity contribution in [3.8, 4) is 0 Å². The van der Waals surface area contributed by atoms with Crippen molar-refractivity contribution in [2.45, 2.75) is 19.8 Å². The van der Waals surface area contributed by atoms with Gasteiger partial charge in [-0.1, -0.05) is 18.5 Å². The zero-order valence-corrected chi connectivity index (χ0v) is 15.0. The Balaban J connectivity index is 1.72. The molecular weight excluding hydrogens is 348 g/mol. The van der Waals surface area contributed by atoms with E-state index in [9.17, 15) is 4.79 Å². The second-order valence-electron chi connectivity index (χ2n) is 5.57. The number of amides is 1. The molecule has 0 aliphatic carbocycles. The fourth-order valence-electron chi connectivity index (χ4n) is 2.64. The van der Waals surface area contributed by atoms with Crippen LogP contribution in [0.1, 0.15) is 29.5 Å². The molecule has 9 heteroatoms. The number of carbonyl (C=O) groups excluding carboxylic acids is 1. The molecule has 2 aromatic rings. The molecule has 3 rings (SSSR count). The van der Waals surface area contributed by atoms with Gasteiger partial charge < -0.3 is 15.5 Å². The van der Waals surface area contributed by atoms with E-state index in [1.165, 1.54) is 17.7 Å². The molecule has 24 heavy (non-hydrogen) atoms. The monoisotopic (exact) mass is 366 g/mol. The van der Waals surface area contributed by atoms with Gasteiger partial charge in [-0.25, -0.2) is 9.97 Å². The van der Waals surface area contributed by atoms with Gasteiger partial charge >= 0.3 is 0 Å². The second kappa shape index (κ2) is 7.31.